The molecule has 0 bridgehead atoms. The third kappa shape index (κ3) is 5.22. The summed E-state index contributed by atoms with van der Waals surface area (Å²) in [4.78, 5) is 11.8. The van der Waals surface area contributed by atoms with Crippen LogP contribution in [0.15, 0.2) is 24.3 Å². The molecule has 1 amide bonds. The zero-order valence-corrected chi connectivity index (χ0v) is 11.4. The fourth-order valence-corrected chi connectivity index (χ4v) is 1.98. The predicted octanol–water partition coefficient (Wildman–Crippen LogP) is 3.75. The van der Waals surface area contributed by atoms with Crippen molar-refractivity contribution in [2.75, 3.05) is 6.54 Å². The molecule has 1 aromatic rings. The number of benzene rings is 1. The van der Waals surface area contributed by atoms with Crippen LogP contribution < -0.4 is 5.32 Å². The second-order valence-corrected chi connectivity index (χ2v) is 5.39. The molecule has 0 fully saturated rings. The van der Waals surface area contributed by atoms with Crippen LogP contribution in [0.25, 0.3) is 0 Å². The minimum atomic E-state index is -0.0303. The zero-order chi connectivity index (χ0) is 12.8. The van der Waals surface area contributed by atoms with E-state index in [4.69, 9.17) is 11.6 Å². The highest BCUT2D eigenvalue weighted by molar-refractivity contribution is 6.30. The van der Waals surface area contributed by atoms with E-state index in [1.54, 1.807) is 24.3 Å². The highest BCUT2D eigenvalue weighted by Gasteiger charge is 2.08. The van der Waals surface area contributed by atoms with E-state index in [0.29, 0.717) is 22.4 Å². The van der Waals surface area contributed by atoms with Gasteiger partial charge in [0, 0.05) is 17.1 Å². The Bertz CT molecular complexity index is 359. The topological polar surface area (TPSA) is 29.1 Å². The van der Waals surface area contributed by atoms with Crippen molar-refractivity contribution in [1.82, 2.24) is 5.32 Å². The second kappa shape index (κ2) is 6.65. The Morgan fingerprint density at radius 2 is 1.82 bits per heavy atom. The first kappa shape index (κ1) is 14.0. The summed E-state index contributed by atoms with van der Waals surface area (Å²) in [6.07, 6.45) is 1.13. The summed E-state index contributed by atoms with van der Waals surface area (Å²) >= 11 is 5.77. The van der Waals surface area contributed by atoms with E-state index >= 15 is 0 Å². The number of rotatable bonds is 5. The number of nitrogens with one attached hydrogen (secondary N) is 1. The van der Waals surface area contributed by atoms with E-state index in [0.717, 1.165) is 13.0 Å². The molecule has 0 aliphatic carbocycles. The summed E-state index contributed by atoms with van der Waals surface area (Å²) in [5.41, 5.74) is 0.658. The van der Waals surface area contributed by atoms with Crippen molar-refractivity contribution >= 4 is 17.5 Å². The quantitative estimate of drug-likeness (QED) is 0.851. The van der Waals surface area contributed by atoms with Gasteiger partial charge in [0.2, 0.25) is 0 Å². The molecule has 1 N–H and O–H groups in total. The van der Waals surface area contributed by atoms with E-state index < -0.39 is 0 Å². The van der Waals surface area contributed by atoms with Crippen LogP contribution in [0.1, 0.15) is 37.6 Å². The Hall–Kier alpha value is -1.02. The summed E-state index contributed by atoms with van der Waals surface area (Å²) in [5, 5.41) is 3.59. The molecule has 2 nitrogen and oxygen atoms in total. The number of carbonyl (C=O) groups is 1. The summed E-state index contributed by atoms with van der Waals surface area (Å²) in [6, 6.07) is 6.94. The van der Waals surface area contributed by atoms with E-state index in [9.17, 15) is 4.79 Å². The Morgan fingerprint density at radius 1 is 1.24 bits per heavy atom. The molecule has 0 saturated heterocycles. The van der Waals surface area contributed by atoms with Gasteiger partial charge in [-0.3, -0.25) is 4.79 Å². The molecule has 1 aromatic carbocycles. The zero-order valence-electron chi connectivity index (χ0n) is 10.7. The molecule has 0 heterocycles. The molecule has 94 valence electrons. The van der Waals surface area contributed by atoms with Crippen LogP contribution in [0.5, 0.6) is 0 Å². The van der Waals surface area contributed by atoms with Crippen LogP contribution in [0, 0.1) is 11.8 Å². The van der Waals surface area contributed by atoms with Crippen molar-refractivity contribution in [2.24, 2.45) is 11.8 Å². The van der Waals surface area contributed by atoms with Gasteiger partial charge >= 0.3 is 0 Å². The number of hydrogen-bond acceptors (Lipinski definition) is 1. The normalized spacial score (nSPS) is 12.5. The molecule has 1 rings (SSSR count). The van der Waals surface area contributed by atoms with Crippen LogP contribution in [0.4, 0.5) is 0 Å². The Kier molecular flexibility index (Phi) is 5.49. The van der Waals surface area contributed by atoms with Crippen LogP contribution in [-0.4, -0.2) is 12.5 Å². The van der Waals surface area contributed by atoms with Gasteiger partial charge in [-0.2, -0.15) is 0 Å². The van der Waals surface area contributed by atoms with Gasteiger partial charge in [-0.25, -0.2) is 0 Å². The summed E-state index contributed by atoms with van der Waals surface area (Å²) in [7, 11) is 0. The Balaban J connectivity index is 2.42. The second-order valence-electron chi connectivity index (χ2n) is 4.95. The third-order valence-electron chi connectivity index (χ3n) is 2.59. The smallest absolute Gasteiger partial charge is 0.251 e. The fraction of sp³-hybridized carbons (Fsp3) is 0.500. The maximum absolute atomic E-state index is 11.8. The predicted molar refractivity (Wildman–Crippen MR) is 72.4 cm³/mol. The Labute approximate surface area is 108 Å². The van der Waals surface area contributed by atoms with Crippen molar-refractivity contribution in [3.05, 3.63) is 34.9 Å². The summed E-state index contributed by atoms with van der Waals surface area (Å²) in [5.74, 6) is 1.14. The van der Waals surface area contributed by atoms with Crippen LogP contribution in [0.2, 0.25) is 5.02 Å². The van der Waals surface area contributed by atoms with Gasteiger partial charge in [0.05, 0.1) is 0 Å². The van der Waals surface area contributed by atoms with Gasteiger partial charge in [-0.05, 0) is 42.5 Å². The third-order valence-corrected chi connectivity index (χ3v) is 2.84. The molecule has 1 unspecified atom stereocenters. The summed E-state index contributed by atoms with van der Waals surface area (Å²) in [6.45, 7) is 7.26. The molecular formula is C14H20ClNO. The van der Waals surface area contributed by atoms with Crippen LogP contribution in [0.3, 0.4) is 0 Å². The first-order chi connectivity index (χ1) is 7.99. The minimum absolute atomic E-state index is 0.0303. The highest BCUT2D eigenvalue weighted by atomic mass is 35.5. The van der Waals surface area contributed by atoms with Gasteiger partial charge in [-0.1, -0.05) is 32.4 Å². The minimum Gasteiger partial charge on any atom is -0.352 e. The maximum Gasteiger partial charge on any atom is 0.251 e. The largest absolute Gasteiger partial charge is 0.352 e. The van der Waals surface area contributed by atoms with E-state index in [1.807, 2.05) is 0 Å². The SMILES string of the molecule is CC(C)CC(C)CNC(=O)c1ccc(Cl)cc1. The molecule has 0 aliphatic rings. The summed E-state index contributed by atoms with van der Waals surface area (Å²) < 4.78 is 0. The van der Waals surface area contributed by atoms with Crippen molar-refractivity contribution in [2.45, 2.75) is 27.2 Å². The van der Waals surface area contributed by atoms with Gasteiger partial charge in [0.25, 0.3) is 5.91 Å². The lowest BCUT2D eigenvalue weighted by atomic mass is 9.99. The fourth-order valence-electron chi connectivity index (χ4n) is 1.86. The van der Waals surface area contributed by atoms with E-state index in [-0.39, 0.29) is 5.91 Å². The molecular weight excluding hydrogens is 234 g/mol. The molecule has 0 spiro atoms. The van der Waals surface area contributed by atoms with Gasteiger partial charge in [0.15, 0.2) is 0 Å². The van der Waals surface area contributed by atoms with E-state index in [2.05, 4.69) is 26.1 Å². The Morgan fingerprint density at radius 3 is 2.35 bits per heavy atom. The molecule has 3 heteroatoms. The molecule has 0 saturated carbocycles. The first-order valence-electron chi connectivity index (χ1n) is 6.02. The molecule has 0 radical (unpaired) electrons. The molecule has 17 heavy (non-hydrogen) atoms. The van der Waals surface area contributed by atoms with Crippen LogP contribution in [-0.2, 0) is 0 Å². The lowest BCUT2D eigenvalue weighted by molar-refractivity contribution is 0.0946. The number of carbonyl (C=O) groups excluding carboxylic acids is 1. The van der Waals surface area contributed by atoms with Gasteiger partial charge in [0.1, 0.15) is 0 Å². The van der Waals surface area contributed by atoms with Crippen LogP contribution >= 0.6 is 11.6 Å². The number of amides is 1. The first-order valence-corrected chi connectivity index (χ1v) is 6.40. The standard InChI is InChI=1S/C14H20ClNO/c1-10(2)8-11(3)9-16-14(17)12-4-6-13(15)7-5-12/h4-7,10-11H,8-9H2,1-3H3,(H,16,17). The number of hydrogen-bond donors (Lipinski definition) is 1. The average Bonchev–Trinajstić information content (AvgIpc) is 2.26. The van der Waals surface area contributed by atoms with Crippen molar-refractivity contribution < 1.29 is 4.79 Å². The molecule has 0 aromatic heterocycles. The highest BCUT2D eigenvalue weighted by Crippen LogP contribution is 2.11. The lowest BCUT2D eigenvalue weighted by Crippen LogP contribution is -2.28. The molecule has 1 atom stereocenters. The van der Waals surface area contributed by atoms with Crippen molar-refractivity contribution in [3.63, 3.8) is 0 Å². The maximum atomic E-state index is 11.8. The van der Waals surface area contributed by atoms with Crippen molar-refractivity contribution in [1.29, 1.82) is 0 Å². The number of halogens is 1. The average molecular weight is 254 g/mol. The lowest BCUT2D eigenvalue weighted by Gasteiger charge is -2.14. The van der Waals surface area contributed by atoms with Gasteiger partial charge < -0.3 is 5.32 Å². The van der Waals surface area contributed by atoms with Gasteiger partial charge in [-0.15, -0.1) is 0 Å². The van der Waals surface area contributed by atoms with Crippen molar-refractivity contribution in [3.8, 4) is 0 Å². The van der Waals surface area contributed by atoms with E-state index in [1.165, 1.54) is 0 Å². The monoisotopic (exact) mass is 253 g/mol. The molecule has 0 aliphatic heterocycles.